The lowest BCUT2D eigenvalue weighted by Crippen LogP contribution is -2.30. The van der Waals surface area contributed by atoms with Crippen LogP contribution in [0.1, 0.15) is 19.0 Å². The normalized spacial score (nSPS) is 11.1. The number of nitrogens with one attached hydrogen (secondary N) is 2. The summed E-state index contributed by atoms with van der Waals surface area (Å²) in [5.74, 6) is 0.538. The number of pyridine rings is 1. The van der Waals surface area contributed by atoms with Crippen LogP contribution in [-0.2, 0) is 6.54 Å². The SMILES string of the molecule is CCCn1c(=O)[nH]c(=O)c2[nH]c(-c3cccnc3C)nc21. The lowest BCUT2D eigenvalue weighted by Gasteiger charge is -2.02. The lowest BCUT2D eigenvalue weighted by atomic mass is 10.2. The predicted molar refractivity (Wildman–Crippen MR) is 79.2 cm³/mol. The van der Waals surface area contributed by atoms with E-state index in [4.69, 9.17) is 0 Å². The van der Waals surface area contributed by atoms with Crippen molar-refractivity contribution in [2.75, 3.05) is 0 Å². The molecule has 0 fully saturated rings. The van der Waals surface area contributed by atoms with Crippen LogP contribution in [0.2, 0.25) is 0 Å². The summed E-state index contributed by atoms with van der Waals surface area (Å²) in [4.78, 5) is 37.8. The van der Waals surface area contributed by atoms with Crippen LogP contribution in [-0.4, -0.2) is 24.5 Å². The third kappa shape index (κ3) is 2.16. The molecule has 0 unspecified atom stereocenters. The summed E-state index contributed by atoms with van der Waals surface area (Å²) in [6.07, 6.45) is 2.47. The molecule has 0 aliphatic heterocycles. The van der Waals surface area contributed by atoms with E-state index in [2.05, 4.69) is 19.9 Å². The zero-order valence-corrected chi connectivity index (χ0v) is 11.8. The molecule has 3 aromatic rings. The summed E-state index contributed by atoms with van der Waals surface area (Å²) in [5, 5.41) is 0. The molecule has 0 saturated carbocycles. The van der Waals surface area contributed by atoms with Crippen LogP contribution in [0.15, 0.2) is 27.9 Å². The van der Waals surface area contributed by atoms with Crippen LogP contribution < -0.4 is 11.2 Å². The number of nitrogens with zero attached hydrogens (tertiary/aromatic N) is 3. The van der Waals surface area contributed by atoms with Crippen LogP contribution in [0.3, 0.4) is 0 Å². The summed E-state index contributed by atoms with van der Waals surface area (Å²) < 4.78 is 1.47. The van der Waals surface area contributed by atoms with Gasteiger partial charge < -0.3 is 4.98 Å². The maximum atomic E-state index is 11.9. The van der Waals surface area contributed by atoms with E-state index in [1.165, 1.54) is 4.57 Å². The van der Waals surface area contributed by atoms with Gasteiger partial charge in [0.05, 0.1) is 0 Å². The van der Waals surface area contributed by atoms with Crippen LogP contribution in [0.4, 0.5) is 0 Å². The topological polar surface area (TPSA) is 96.4 Å². The quantitative estimate of drug-likeness (QED) is 0.755. The van der Waals surface area contributed by atoms with Crippen molar-refractivity contribution >= 4 is 11.2 Å². The highest BCUT2D eigenvalue weighted by Gasteiger charge is 2.14. The molecule has 3 rings (SSSR count). The Bertz CT molecular complexity index is 919. The smallest absolute Gasteiger partial charge is 0.330 e. The van der Waals surface area contributed by atoms with Crippen LogP contribution in [0.25, 0.3) is 22.6 Å². The van der Waals surface area contributed by atoms with Gasteiger partial charge in [0.1, 0.15) is 11.3 Å². The molecule has 0 saturated heterocycles. The van der Waals surface area contributed by atoms with Crippen LogP contribution in [0, 0.1) is 6.92 Å². The highest BCUT2D eigenvalue weighted by atomic mass is 16.2. The van der Waals surface area contributed by atoms with Crippen LogP contribution in [0.5, 0.6) is 0 Å². The Morgan fingerprint density at radius 1 is 1.29 bits per heavy atom. The fourth-order valence-corrected chi connectivity index (χ4v) is 2.33. The van der Waals surface area contributed by atoms with Crippen molar-refractivity contribution in [3.05, 3.63) is 44.9 Å². The zero-order valence-electron chi connectivity index (χ0n) is 11.8. The van der Waals surface area contributed by atoms with Gasteiger partial charge in [-0.05, 0) is 25.5 Å². The molecule has 3 heterocycles. The fraction of sp³-hybridized carbons (Fsp3) is 0.286. The Kier molecular flexibility index (Phi) is 3.17. The van der Waals surface area contributed by atoms with Gasteiger partial charge in [-0.25, -0.2) is 9.78 Å². The Balaban J connectivity index is 2.32. The molecule has 21 heavy (non-hydrogen) atoms. The number of aryl methyl sites for hydroxylation is 2. The van der Waals surface area contributed by atoms with Gasteiger partial charge >= 0.3 is 5.69 Å². The minimum absolute atomic E-state index is 0.307. The van der Waals surface area contributed by atoms with Gasteiger partial charge in [-0.1, -0.05) is 6.92 Å². The van der Waals surface area contributed by atoms with E-state index >= 15 is 0 Å². The molecule has 0 radical (unpaired) electrons. The molecule has 0 amide bonds. The second kappa shape index (κ2) is 5.01. The highest BCUT2D eigenvalue weighted by molar-refractivity contribution is 5.75. The minimum Gasteiger partial charge on any atom is -0.332 e. The first kappa shape index (κ1) is 13.3. The Morgan fingerprint density at radius 2 is 2.10 bits per heavy atom. The van der Waals surface area contributed by atoms with Crippen molar-refractivity contribution in [2.45, 2.75) is 26.8 Å². The first-order valence-electron chi connectivity index (χ1n) is 6.76. The molecular formula is C14H15N5O2. The summed E-state index contributed by atoms with van der Waals surface area (Å²) in [6.45, 7) is 4.33. The monoisotopic (exact) mass is 285 g/mol. The molecule has 0 spiro atoms. The fourth-order valence-electron chi connectivity index (χ4n) is 2.33. The maximum Gasteiger partial charge on any atom is 0.330 e. The Hall–Kier alpha value is -2.70. The molecule has 7 heteroatoms. The average Bonchev–Trinajstić information content (AvgIpc) is 2.89. The lowest BCUT2D eigenvalue weighted by molar-refractivity contribution is 0.653. The number of fused-ring (bicyclic) bond motifs is 1. The zero-order chi connectivity index (χ0) is 15.0. The van der Waals surface area contributed by atoms with E-state index in [9.17, 15) is 9.59 Å². The first-order chi connectivity index (χ1) is 10.1. The van der Waals surface area contributed by atoms with Crippen molar-refractivity contribution in [2.24, 2.45) is 0 Å². The van der Waals surface area contributed by atoms with E-state index in [0.717, 1.165) is 17.7 Å². The van der Waals surface area contributed by atoms with Gasteiger partial charge in [0.2, 0.25) is 0 Å². The minimum atomic E-state index is -0.456. The van der Waals surface area contributed by atoms with Gasteiger partial charge in [0.25, 0.3) is 5.56 Å². The molecule has 3 aromatic heterocycles. The standard InChI is InChI=1S/C14H15N5O2/c1-3-7-19-12-10(13(20)18-14(19)21)16-11(17-12)9-5-4-6-15-8(9)2/h4-6H,3,7H2,1-2H3,(H,16,17)(H,18,20,21). The van der Waals surface area contributed by atoms with Crippen molar-refractivity contribution in [1.82, 2.24) is 24.5 Å². The third-order valence-electron chi connectivity index (χ3n) is 3.34. The average molecular weight is 285 g/mol. The number of rotatable bonds is 3. The number of hydrogen-bond donors (Lipinski definition) is 2. The van der Waals surface area contributed by atoms with Crippen molar-refractivity contribution in [3.63, 3.8) is 0 Å². The first-order valence-corrected chi connectivity index (χ1v) is 6.76. The molecule has 7 nitrogen and oxygen atoms in total. The maximum absolute atomic E-state index is 11.9. The number of aromatic nitrogens is 5. The molecule has 108 valence electrons. The number of hydrogen-bond acceptors (Lipinski definition) is 4. The number of imidazole rings is 1. The summed E-state index contributed by atoms with van der Waals surface area (Å²) >= 11 is 0. The van der Waals surface area contributed by atoms with Crippen molar-refractivity contribution in [1.29, 1.82) is 0 Å². The van der Waals surface area contributed by atoms with Crippen LogP contribution >= 0.6 is 0 Å². The summed E-state index contributed by atoms with van der Waals surface area (Å²) in [5.41, 5.74) is 1.41. The van der Waals surface area contributed by atoms with E-state index in [0.29, 0.717) is 23.5 Å². The molecule has 0 bridgehead atoms. The molecule has 0 aromatic carbocycles. The molecule has 0 atom stereocenters. The van der Waals surface area contributed by atoms with E-state index in [1.807, 2.05) is 19.9 Å². The van der Waals surface area contributed by atoms with Gasteiger partial charge in [0.15, 0.2) is 5.65 Å². The summed E-state index contributed by atoms with van der Waals surface area (Å²) in [6, 6.07) is 3.68. The van der Waals surface area contributed by atoms with Crippen molar-refractivity contribution < 1.29 is 0 Å². The largest absolute Gasteiger partial charge is 0.332 e. The third-order valence-corrected chi connectivity index (χ3v) is 3.34. The van der Waals surface area contributed by atoms with E-state index in [1.54, 1.807) is 12.3 Å². The van der Waals surface area contributed by atoms with Gasteiger partial charge in [0, 0.05) is 24.0 Å². The van der Waals surface area contributed by atoms with Gasteiger partial charge in [-0.2, -0.15) is 0 Å². The Morgan fingerprint density at radius 3 is 2.81 bits per heavy atom. The number of aromatic amines is 2. The molecule has 2 N–H and O–H groups in total. The van der Waals surface area contributed by atoms with Crippen molar-refractivity contribution in [3.8, 4) is 11.4 Å². The second-order valence-electron chi connectivity index (χ2n) is 4.83. The summed E-state index contributed by atoms with van der Waals surface area (Å²) in [7, 11) is 0. The number of H-pyrrole nitrogens is 2. The Labute approximate surface area is 119 Å². The molecule has 0 aliphatic carbocycles. The molecular weight excluding hydrogens is 270 g/mol. The molecule has 0 aliphatic rings. The van der Waals surface area contributed by atoms with E-state index in [-0.39, 0.29) is 0 Å². The van der Waals surface area contributed by atoms with Gasteiger partial charge in [-0.3, -0.25) is 19.3 Å². The highest BCUT2D eigenvalue weighted by Crippen LogP contribution is 2.20. The second-order valence-corrected chi connectivity index (χ2v) is 4.83. The van der Waals surface area contributed by atoms with E-state index < -0.39 is 11.2 Å². The van der Waals surface area contributed by atoms with Gasteiger partial charge in [-0.15, -0.1) is 0 Å². The predicted octanol–water partition coefficient (Wildman–Crippen LogP) is 1.19.